The van der Waals surface area contributed by atoms with E-state index in [0.717, 1.165) is 12.8 Å². The summed E-state index contributed by atoms with van der Waals surface area (Å²) in [7, 11) is 0. The Morgan fingerprint density at radius 2 is 0.839 bits per heavy atom. The van der Waals surface area contributed by atoms with Crippen LogP contribution < -0.4 is 0 Å². The highest BCUT2D eigenvalue weighted by Gasteiger charge is 2.21. The number of hydrogen-bond acceptors (Lipinski definition) is 1. The van der Waals surface area contributed by atoms with Crippen molar-refractivity contribution in [1.82, 2.24) is 0 Å². The zero-order chi connectivity index (χ0) is 21.5. The van der Waals surface area contributed by atoms with Crippen LogP contribution in [0.5, 0.6) is 0 Å². The molecule has 2 unspecified atom stereocenters. The molecule has 0 saturated carbocycles. The van der Waals surface area contributed by atoms with E-state index in [4.69, 9.17) is 0 Å². The quantitative estimate of drug-likeness (QED) is 0.275. The van der Waals surface area contributed by atoms with Gasteiger partial charge in [0.15, 0.2) is 0 Å². The van der Waals surface area contributed by atoms with Gasteiger partial charge in [-0.2, -0.15) is 0 Å². The molecule has 4 rings (SSSR count). The molecule has 156 valence electrons. The van der Waals surface area contributed by atoms with E-state index < -0.39 is 0 Å². The molecule has 0 aromatic heterocycles. The Balaban J connectivity index is 1.66. The van der Waals surface area contributed by atoms with Gasteiger partial charge in [-0.05, 0) is 48.9 Å². The second-order valence-electron chi connectivity index (χ2n) is 8.31. The summed E-state index contributed by atoms with van der Waals surface area (Å²) in [6.07, 6.45) is 2.07. The van der Waals surface area contributed by atoms with Gasteiger partial charge in [0.25, 0.3) is 0 Å². The van der Waals surface area contributed by atoms with Gasteiger partial charge in [-0.15, -0.1) is 11.8 Å². The molecular weight excluding hydrogens is 392 g/mol. The van der Waals surface area contributed by atoms with Crippen molar-refractivity contribution in [2.24, 2.45) is 0 Å². The zero-order valence-corrected chi connectivity index (χ0v) is 19.2. The monoisotopic (exact) mass is 422 g/mol. The maximum absolute atomic E-state index is 2.31. The summed E-state index contributed by atoms with van der Waals surface area (Å²) < 4.78 is 0. The molecule has 0 aliphatic rings. The van der Waals surface area contributed by atoms with Gasteiger partial charge >= 0.3 is 0 Å². The lowest BCUT2D eigenvalue weighted by Gasteiger charge is -2.25. The molecular formula is C30H30S. The van der Waals surface area contributed by atoms with Crippen LogP contribution in [0.1, 0.15) is 43.9 Å². The third-order valence-corrected chi connectivity index (χ3v) is 7.29. The van der Waals surface area contributed by atoms with Gasteiger partial charge in [0.2, 0.25) is 0 Å². The lowest BCUT2D eigenvalue weighted by Crippen LogP contribution is -2.06. The van der Waals surface area contributed by atoms with Gasteiger partial charge in [-0.1, -0.05) is 120 Å². The molecule has 0 amide bonds. The molecule has 1 heteroatoms. The van der Waals surface area contributed by atoms with E-state index in [1.807, 2.05) is 0 Å². The number of benzene rings is 4. The highest BCUT2D eigenvalue weighted by atomic mass is 32.2. The first-order valence-electron chi connectivity index (χ1n) is 11.0. The summed E-state index contributed by atoms with van der Waals surface area (Å²) in [6, 6.07) is 40.0. The molecule has 2 atom stereocenters. The van der Waals surface area contributed by atoms with Crippen molar-refractivity contribution in [3.05, 3.63) is 143 Å². The Morgan fingerprint density at radius 3 is 1.19 bits per heavy atom. The van der Waals surface area contributed by atoms with Crippen LogP contribution in [-0.2, 0) is 12.8 Å². The van der Waals surface area contributed by atoms with Gasteiger partial charge in [0.05, 0.1) is 0 Å². The first-order valence-corrected chi connectivity index (χ1v) is 12.0. The summed E-state index contributed by atoms with van der Waals surface area (Å²) in [6.45, 7) is 4.32. The topological polar surface area (TPSA) is 0 Å². The van der Waals surface area contributed by atoms with Gasteiger partial charge in [-0.3, -0.25) is 0 Å². The van der Waals surface area contributed by atoms with Crippen LogP contribution in [0.25, 0.3) is 0 Å². The molecule has 4 aromatic rings. The van der Waals surface area contributed by atoms with Crippen LogP contribution in [0.3, 0.4) is 0 Å². The van der Waals surface area contributed by atoms with Crippen molar-refractivity contribution >= 4 is 11.8 Å². The van der Waals surface area contributed by atoms with Crippen molar-refractivity contribution in [3.8, 4) is 0 Å². The minimum Gasteiger partial charge on any atom is -0.145 e. The van der Waals surface area contributed by atoms with E-state index >= 15 is 0 Å². The van der Waals surface area contributed by atoms with Crippen molar-refractivity contribution in [2.75, 3.05) is 0 Å². The number of hydrogen-bond donors (Lipinski definition) is 0. The molecule has 0 aliphatic carbocycles. The summed E-state index contributed by atoms with van der Waals surface area (Å²) in [5.41, 5.74) is 8.22. The van der Waals surface area contributed by atoms with Gasteiger partial charge < -0.3 is 0 Å². The Labute approximate surface area is 191 Å². The van der Waals surface area contributed by atoms with E-state index in [2.05, 4.69) is 135 Å². The van der Waals surface area contributed by atoms with E-state index in [1.54, 1.807) is 0 Å². The van der Waals surface area contributed by atoms with Gasteiger partial charge in [0, 0.05) is 10.5 Å². The van der Waals surface area contributed by atoms with Crippen LogP contribution in [0.4, 0.5) is 0 Å². The van der Waals surface area contributed by atoms with Crippen LogP contribution in [0.2, 0.25) is 0 Å². The maximum atomic E-state index is 2.31. The molecule has 0 bridgehead atoms. The molecule has 0 nitrogen and oxygen atoms in total. The smallest absolute Gasteiger partial charge is 0.0343 e. The first kappa shape index (κ1) is 21.5. The van der Waals surface area contributed by atoms with Crippen LogP contribution in [0, 0.1) is 13.8 Å². The van der Waals surface area contributed by atoms with Crippen LogP contribution in [-0.4, -0.2) is 0 Å². The summed E-state index contributed by atoms with van der Waals surface area (Å²) in [5.74, 6) is 0. The van der Waals surface area contributed by atoms with Crippen molar-refractivity contribution < 1.29 is 0 Å². The molecule has 4 aromatic carbocycles. The minimum absolute atomic E-state index is 0.401. The lowest BCUT2D eigenvalue weighted by atomic mass is 10.0. The molecule has 0 spiro atoms. The lowest BCUT2D eigenvalue weighted by molar-refractivity contribution is 0.881. The second kappa shape index (κ2) is 10.5. The van der Waals surface area contributed by atoms with E-state index in [0.29, 0.717) is 10.5 Å². The van der Waals surface area contributed by atoms with Crippen LogP contribution >= 0.6 is 11.8 Å². The third kappa shape index (κ3) is 6.12. The van der Waals surface area contributed by atoms with E-state index in [1.165, 1.54) is 33.4 Å². The summed E-state index contributed by atoms with van der Waals surface area (Å²) >= 11 is 2.10. The average Bonchev–Trinajstić information content (AvgIpc) is 2.80. The van der Waals surface area contributed by atoms with Crippen molar-refractivity contribution in [1.29, 1.82) is 0 Å². The molecule has 31 heavy (non-hydrogen) atoms. The Bertz CT molecular complexity index is 962. The Hall–Kier alpha value is -2.77. The molecule has 0 radical (unpaired) electrons. The summed E-state index contributed by atoms with van der Waals surface area (Å²) in [4.78, 5) is 0. The fourth-order valence-corrected chi connectivity index (χ4v) is 5.51. The largest absolute Gasteiger partial charge is 0.145 e. The second-order valence-corrected chi connectivity index (χ2v) is 9.72. The number of aryl methyl sites for hydroxylation is 2. The van der Waals surface area contributed by atoms with E-state index in [-0.39, 0.29) is 0 Å². The van der Waals surface area contributed by atoms with E-state index in [9.17, 15) is 0 Å². The molecule has 0 fully saturated rings. The normalized spacial score (nSPS) is 13.0. The fraction of sp³-hybridized carbons (Fsp3) is 0.200. The SMILES string of the molecule is Cc1ccc(C(Cc2ccccc2)SC(Cc2ccccc2)c2ccc(C)cc2)cc1. The first-order chi connectivity index (χ1) is 15.2. The van der Waals surface area contributed by atoms with Gasteiger partial charge in [-0.25, -0.2) is 0 Å². The fourth-order valence-electron chi connectivity index (χ4n) is 3.91. The maximum Gasteiger partial charge on any atom is 0.0343 e. The molecule has 0 saturated heterocycles. The zero-order valence-electron chi connectivity index (χ0n) is 18.4. The molecule has 0 aliphatic heterocycles. The number of rotatable bonds is 8. The minimum atomic E-state index is 0.401. The highest BCUT2D eigenvalue weighted by molar-refractivity contribution is 7.99. The standard InChI is InChI=1S/C30H30S/c1-23-13-17-27(18-14-23)29(21-25-9-5-3-6-10-25)31-30(22-26-11-7-4-8-12-26)28-19-15-24(2)16-20-28/h3-20,29-30H,21-22H2,1-2H3. The predicted molar refractivity (Wildman–Crippen MR) is 136 cm³/mol. The van der Waals surface area contributed by atoms with Crippen molar-refractivity contribution in [3.63, 3.8) is 0 Å². The highest BCUT2D eigenvalue weighted by Crippen LogP contribution is 2.44. The molecule has 0 N–H and O–H groups in total. The molecule has 0 heterocycles. The Kier molecular flexibility index (Phi) is 7.27. The number of thioether (sulfide) groups is 1. The van der Waals surface area contributed by atoms with Crippen molar-refractivity contribution in [2.45, 2.75) is 37.2 Å². The average molecular weight is 423 g/mol. The summed E-state index contributed by atoms with van der Waals surface area (Å²) in [5, 5.41) is 0.802. The Morgan fingerprint density at radius 1 is 0.484 bits per heavy atom. The van der Waals surface area contributed by atoms with Crippen LogP contribution in [0.15, 0.2) is 109 Å². The third-order valence-electron chi connectivity index (χ3n) is 5.75. The predicted octanol–water partition coefficient (Wildman–Crippen LogP) is 8.30. The van der Waals surface area contributed by atoms with Gasteiger partial charge in [0.1, 0.15) is 0 Å².